The summed E-state index contributed by atoms with van der Waals surface area (Å²) in [6.07, 6.45) is 0. The van der Waals surface area contributed by atoms with Crippen molar-refractivity contribution < 1.29 is 4.57 Å². The minimum atomic E-state index is -3.14. The average Bonchev–Trinajstić information content (AvgIpc) is 0.722. The molecule has 0 amide bonds. The molecule has 0 aromatic carbocycles. The van der Waals surface area contributed by atoms with Crippen LogP contribution in [0, 0.1) is 0 Å². The SMILES string of the molecule is C.NP(N)(N)=O. The zero-order chi connectivity index (χ0) is 4.50. The molecule has 6 heavy (non-hydrogen) atoms. The molecule has 6 N–H and O–H groups in total. The third kappa shape index (κ3) is 3290. The second kappa shape index (κ2) is 2.31. The molecule has 0 aliphatic rings. The molecule has 0 rings (SSSR count). The molecule has 0 saturated carbocycles. The maximum absolute atomic E-state index is 9.55. The quantitative estimate of drug-likeness (QED) is 0.371. The van der Waals surface area contributed by atoms with Crippen molar-refractivity contribution in [2.75, 3.05) is 0 Å². The summed E-state index contributed by atoms with van der Waals surface area (Å²) in [4.78, 5) is 0. The predicted octanol–water partition coefficient (Wildman–Crippen LogP) is -0.393. The lowest BCUT2D eigenvalue weighted by Gasteiger charge is -1.88. The van der Waals surface area contributed by atoms with E-state index in [0.29, 0.717) is 0 Å². The fraction of sp³-hybridized carbons (Fsp3) is 1.00. The van der Waals surface area contributed by atoms with E-state index in [0.717, 1.165) is 0 Å². The Morgan fingerprint density at radius 1 is 1.17 bits per heavy atom. The van der Waals surface area contributed by atoms with Crippen molar-refractivity contribution >= 4 is 7.59 Å². The van der Waals surface area contributed by atoms with Crippen molar-refractivity contribution in [3.63, 3.8) is 0 Å². The van der Waals surface area contributed by atoms with Gasteiger partial charge in [0, 0.05) is 0 Å². The first-order chi connectivity index (χ1) is 2.00. The van der Waals surface area contributed by atoms with E-state index in [4.69, 9.17) is 0 Å². The summed E-state index contributed by atoms with van der Waals surface area (Å²) in [6.45, 7) is 0. The first-order valence-corrected chi connectivity index (χ1v) is 2.87. The molecule has 0 radical (unpaired) electrons. The second-order valence-corrected chi connectivity index (χ2v) is 2.29. The Morgan fingerprint density at radius 3 is 1.17 bits per heavy atom. The third-order valence-electron chi connectivity index (χ3n) is 0. The molecule has 0 atom stereocenters. The van der Waals surface area contributed by atoms with Crippen LogP contribution in [-0.4, -0.2) is 0 Å². The monoisotopic (exact) mass is 111 g/mol. The molecule has 0 unspecified atom stereocenters. The lowest BCUT2D eigenvalue weighted by atomic mass is 12.0. The largest absolute Gasteiger partial charge is 0.272 e. The van der Waals surface area contributed by atoms with Gasteiger partial charge in [-0.05, 0) is 0 Å². The molecule has 0 bridgehead atoms. The Labute approximate surface area is 37.2 Å². The highest BCUT2D eigenvalue weighted by Crippen LogP contribution is 2.06. The van der Waals surface area contributed by atoms with Crippen LogP contribution >= 0.6 is 7.59 Å². The minimum absolute atomic E-state index is 0. The van der Waals surface area contributed by atoms with E-state index in [2.05, 4.69) is 16.5 Å². The zero-order valence-electron chi connectivity index (χ0n) is 2.59. The molecule has 0 fully saturated rings. The maximum atomic E-state index is 9.55. The summed E-state index contributed by atoms with van der Waals surface area (Å²) in [6, 6.07) is 0. The Morgan fingerprint density at radius 2 is 1.17 bits per heavy atom. The molecule has 0 aliphatic heterocycles. The van der Waals surface area contributed by atoms with Crippen molar-refractivity contribution in [3.05, 3.63) is 0 Å². The maximum Gasteiger partial charge on any atom is 0.271 e. The van der Waals surface area contributed by atoms with Gasteiger partial charge in [0.05, 0.1) is 0 Å². The van der Waals surface area contributed by atoms with Gasteiger partial charge in [0.2, 0.25) is 0 Å². The molecular weight excluding hydrogens is 101 g/mol. The molecule has 0 heterocycles. The highest BCUT2D eigenvalue weighted by atomic mass is 31.2. The predicted molar refractivity (Wildman–Crippen MR) is 26.9 cm³/mol. The normalized spacial score (nSPS) is 9.83. The number of nitrogens with two attached hydrogens (primary N) is 3. The van der Waals surface area contributed by atoms with E-state index < -0.39 is 7.59 Å². The summed E-state index contributed by atoms with van der Waals surface area (Å²) in [5, 5.41) is 0. The van der Waals surface area contributed by atoms with Gasteiger partial charge in [0.1, 0.15) is 0 Å². The number of rotatable bonds is 0. The van der Waals surface area contributed by atoms with Crippen LogP contribution in [-0.2, 0) is 4.57 Å². The molecule has 0 aromatic rings. The van der Waals surface area contributed by atoms with E-state index in [1.807, 2.05) is 0 Å². The summed E-state index contributed by atoms with van der Waals surface area (Å²) in [5.74, 6) is 0. The van der Waals surface area contributed by atoms with Crippen molar-refractivity contribution in [2.24, 2.45) is 16.5 Å². The first kappa shape index (κ1) is 9.44. The van der Waals surface area contributed by atoms with Crippen LogP contribution < -0.4 is 16.5 Å². The Balaban J connectivity index is 0. The lowest BCUT2D eigenvalue weighted by molar-refractivity contribution is 0.577. The van der Waals surface area contributed by atoms with Crippen LogP contribution in [0.1, 0.15) is 7.43 Å². The third-order valence-corrected chi connectivity index (χ3v) is 0. The smallest absolute Gasteiger partial charge is 0.271 e. The minimum Gasteiger partial charge on any atom is -0.272 e. The molecule has 0 saturated heterocycles. The lowest BCUT2D eigenvalue weighted by Crippen LogP contribution is -2.12. The van der Waals surface area contributed by atoms with Gasteiger partial charge in [-0.3, -0.25) is 21.1 Å². The van der Waals surface area contributed by atoms with Crippen LogP contribution in [0.3, 0.4) is 0 Å². The van der Waals surface area contributed by atoms with Gasteiger partial charge < -0.3 is 0 Å². The van der Waals surface area contributed by atoms with Crippen molar-refractivity contribution in [1.29, 1.82) is 0 Å². The summed E-state index contributed by atoms with van der Waals surface area (Å²) >= 11 is 0. The Kier molecular flexibility index (Phi) is 3.64. The molecule has 4 nitrogen and oxygen atoms in total. The summed E-state index contributed by atoms with van der Waals surface area (Å²) in [7, 11) is -3.14. The van der Waals surface area contributed by atoms with Crippen molar-refractivity contribution in [2.45, 2.75) is 7.43 Å². The topological polar surface area (TPSA) is 95.1 Å². The van der Waals surface area contributed by atoms with Crippen molar-refractivity contribution in [3.8, 4) is 0 Å². The molecular formula is CH10N3OP. The highest BCUT2D eigenvalue weighted by molar-refractivity contribution is 7.56. The van der Waals surface area contributed by atoms with Crippen LogP contribution in [0.4, 0.5) is 0 Å². The molecule has 0 spiro atoms. The molecule has 5 heteroatoms. The van der Waals surface area contributed by atoms with Crippen LogP contribution in [0.15, 0.2) is 0 Å². The fourth-order valence-electron chi connectivity index (χ4n) is 0. The first-order valence-electron chi connectivity index (χ1n) is 0.957. The van der Waals surface area contributed by atoms with E-state index in [1.165, 1.54) is 0 Å². The van der Waals surface area contributed by atoms with Gasteiger partial charge in [-0.25, -0.2) is 0 Å². The van der Waals surface area contributed by atoms with Gasteiger partial charge in [0.15, 0.2) is 0 Å². The van der Waals surface area contributed by atoms with Crippen molar-refractivity contribution in [1.82, 2.24) is 0 Å². The van der Waals surface area contributed by atoms with Gasteiger partial charge >= 0.3 is 0 Å². The van der Waals surface area contributed by atoms with Crippen LogP contribution in [0.2, 0.25) is 0 Å². The summed E-state index contributed by atoms with van der Waals surface area (Å²) in [5.41, 5.74) is 13.4. The van der Waals surface area contributed by atoms with E-state index in [1.54, 1.807) is 0 Å². The van der Waals surface area contributed by atoms with Gasteiger partial charge in [0.25, 0.3) is 7.59 Å². The molecule has 0 aliphatic carbocycles. The second-order valence-electron chi connectivity index (χ2n) is 0.763. The number of hydrogen-bond donors (Lipinski definition) is 3. The van der Waals surface area contributed by atoms with Crippen LogP contribution in [0.5, 0.6) is 0 Å². The van der Waals surface area contributed by atoms with E-state index in [-0.39, 0.29) is 7.43 Å². The van der Waals surface area contributed by atoms with Gasteiger partial charge in [-0.2, -0.15) is 0 Å². The summed E-state index contributed by atoms with van der Waals surface area (Å²) < 4.78 is 9.55. The van der Waals surface area contributed by atoms with Gasteiger partial charge in [-0.1, -0.05) is 7.43 Å². The molecule has 0 aromatic heterocycles. The standard InChI is InChI=1S/CH4.H6N3OP/c;1-5(2,3)4/h1H4;(H6,1,2,3,4). The average molecular weight is 111 g/mol. The van der Waals surface area contributed by atoms with Crippen LogP contribution in [0.25, 0.3) is 0 Å². The van der Waals surface area contributed by atoms with Gasteiger partial charge in [-0.15, -0.1) is 0 Å². The highest BCUT2D eigenvalue weighted by Gasteiger charge is 1.90. The zero-order valence-corrected chi connectivity index (χ0v) is 3.48. The van der Waals surface area contributed by atoms with E-state index in [9.17, 15) is 4.57 Å². The van der Waals surface area contributed by atoms with E-state index >= 15 is 0 Å². The Bertz CT molecular complexity index is 56.9. The number of hydrogen-bond acceptors (Lipinski definition) is 1. The Hall–Kier alpha value is 0.110. The fourth-order valence-corrected chi connectivity index (χ4v) is 0. The molecule has 40 valence electrons.